The molecule has 0 atom stereocenters. The Hall–Kier alpha value is -1.88. The van der Waals surface area contributed by atoms with Gasteiger partial charge in [-0.25, -0.2) is 13.4 Å². The number of ether oxygens (including phenoxy) is 2. The molecule has 0 aliphatic heterocycles. The van der Waals surface area contributed by atoms with Crippen LogP contribution in [0.4, 0.5) is 0 Å². The van der Waals surface area contributed by atoms with Crippen LogP contribution in [0.25, 0.3) is 0 Å². The van der Waals surface area contributed by atoms with Crippen molar-refractivity contribution in [1.82, 2.24) is 9.97 Å². The molecule has 0 unspecified atom stereocenters. The van der Waals surface area contributed by atoms with Crippen molar-refractivity contribution < 1.29 is 56.2 Å². The zero-order chi connectivity index (χ0) is 20.7. The molecule has 0 radical (unpaired) electrons. The number of halogens is 1. The Morgan fingerprint density at radius 3 is 2.67 bits per heavy atom. The van der Waals surface area contributed by atoms with Crippen LogP contribution in [0.5, 0.6) is 23.1 Å². The second-order valence-electron chi connectivity index (χ2n) is 5.79. The average Bonchev–Trinajstić information content (AvgIpc) is 2.66. The van der Waals surface area contributed by atoms with Gasteiger partial charge in [-0.05, 0) is 43.2 Å². The molecule has 0 aliphatic rings. The molecule has 0 N–H and O–H groups in total. The molecule has 8 nitrogen and oxygen atoms in total. The van der Waals surface area contributed by atoms with Gasteiger partial charge < -0.3 is 18.2 Å². The zero-order valence-electron chi connectivity index (χ0n) is 16.0. The zero-order valence-corrected chi connectivity index (χ0v) is 19.6. The molecule has 0 aliphatic carbocycles. The fraction of sp³-hybridized carbons (Fsp3) is 0.158. The van der Waals surface area contributed by atoms with Crippen LogP contribution < -0.4 is 43.2 Å². The van der Waals surface area contributed by atoms with Crippen LogP contribution in [0.1, 0.15) is 12.0 Å². The Bertz CT molecular complexity index is 1080. The number of hydrogen-bond donors (Lipinski definition) is 0. The SMILES string of the molecule is O=S(=O)([O-])Oc1ccncc1CCCOc1cccnc1Oc1cccc(Cl)c1.[Na+]. The molecule has 3 rings (SSSR count). The van der Waals surface area contributed by atoms with Gasteiger partial charge in [0, 0.05) is 35.2 Å². The van der Waals surface area contributed by atoms with Gasteiger partial charge in [0.15, 0.2) is 5.75 Å². The van der Waals surface area contributed by atoms with E-state index in [0.717, 1.165) is 0 Å². The quantitative estimate of drug-likeness (QED) is 0.200. The monoisotopic (exact) mass is 458 g/mol. The molecule has 1 aromatic carbocycles. The Morgan fingerprint density at radius 2 is 1.90 bits per heavy atom. The van der Waals surface area contributed by atoms with Crippen LogP contribution in [0, 0.1) is 0 Å². The predicted molar refractivity (Wildman–Crippen MR) is 104 cm³/mol. The van der Waals surface area contributed by atoms with Crippen molar-refractivity contribution in [3.63, 3.8) is 0 Å². The van der Waals surface area contributed by atoms with Crippen molar-refractivity contribution in [2.75, 3.05) is 6.61 Å². The molecular weight excluding hydrogens is 443 g/mol. The van der Waals surface area contributed by atoms with Gasteiger partial charge in [0.1, 0.15) is 11.5 Å². The van der Waals surface area contributed by atoms with E-state index in [9.17, 15) is 13.0 Å². The normalized spacial score (nSPS) is 10.7. The first-order chi connectivity index (χ1) is 13.9. The van der Waals surface area contributed by atoms with Gasteiger partial charge in [0.2, 0.25) is 0 Å². The van der Waals surface area contributed by atoms with E-state index in [-0.39, 0.29) is 47.8 Å². The third kappa shape index (κ3) is 7.75. The van der Waals surface area contributed by atoms with Crippen molar-refractivity contribution in [2.24, 2.45) is 0 Å². The molecule has 0 bridgehead atoms. The molecule has 30 heavy (non-hydrogen) atoms. The van der Waals surface area contributed by atoms with Gasteiger partial charge in [-0.2, -0.15) is 0 Å². The number of aryl methyl sites for hydroxylation is 1. The van der Waals surface area contributed by atoms with Gasteiger partial charge in [-0.1, -0.05) is 17.7 Å². The van der Waals surface area contributed by atoms with Crippen molar-refractivity contribution in [2.45, 2.75) is 12.8 Å². The van der Waals surface area contributed by atoms with Gasteiger partial charge in [0.05, 0.1) is 6.61 Å². The van der Waals surface area contributed by atoms with E-state index in [1.807, 2.05) is 0 Å². The van der Waals surface area contributed by atoms with Crippen molar-refractivity contribution >= 4 is 22.0 Å². The summed E-state index contributed by atoms with van der Waals surface area (Å²) in [6.45, 7) is 0.288. The van der Waals surface area contributed by atoms with Crippen molar-refractivity contribution in [3.05, 3.63) is 71.6 Å². The maximum atomic E-state index is 10.8. The van der Waals surface area contributed by atoms with E-state index in [1.54, 1.807) is 42.6 Å². The summed E-state index contributed by atoms with van der Waals surface area (Å²) in [6, 6.07) is 11.7. The Balaban J connectivity index is 0.00000320. The maximum Gasteiger partial charge on any atom is 1.00 e. The first-order valence-electron chi connectivity index (χ1n) is 8.50. The average molecular weight is 459 g/mol. The molecular formula is C19H16ClN2NaO6S. The fourth-order valence-corrected chi connectivity index (χ4v) is 3.01. The molecule has 0 spiro atoms. The minimum atomic E-state index is -4.85. The molecule has 0 saturated carbocycles. The number of hydrogen-bond acceptors (Lipinski definition) is 8. The van der Waals surface area contributed by atoms with Crippen LogP contribution in [-0.4, -0.2) is 29.5 Å². The van der Waals surface area contributed by atoms with Crippen LogP contribution >= 0.6 is 11.6 Å². The standard InChI is InChI=1S/C19H17ClN2O6S.Na/c20-15-5-1-6-16(12-15)27-19-18(7-2-9-22-19)26-11-3-4-14-13-21-10-8-17(14)28-29(23,24)25;/h1-2,5-10,12-13H,3-4,11H2,(H,23,24,25);/q;+1/p-1. The summed E-state index contributed by atoms with van der Waals surface area (Å²) in [5.41, 5.74) is 0.483. The summed E-state index contributed by atoms with van der Waals surface area (Å²) < 4.78 is 48.4. The third-order valence-corrected chi connectivity index (χ3v) is 4.26. The summed E-state index contributed by atoms with van der Waals surface area (Å²) in [7, 11) is -4.85. The second kappa shape index (κ2) is 11.5. The first-order valence-corrected chi connectivity index (χ1v) is 10.2. The Kier molecular flexibility index (Phi) is 9.35. The van der Waals surface area contributed by atoms with Crippen LogP contribution in [0.2, 0.25) is 5.02 Å². The number of benzene rings is 1. The fourth-order valence-electron chi connectivity index (χ4n) is 2.44. The predicted octanol–water partition coefficient (Wildman–Crippen LogP) is 0.777. The molecule has 152 valence electrons. The summed E-state index contributed by atoms with van der Waals surface area (Å²) in [6.07, 6.45) is 5.26. The van der Waals surface area contributed by atoms with Gasteiger partial charge >= 0.3 is 29.6 Å². The summed E-state index contributed by atoms with van der Waals surface area (Å²) in [5.74, 6) is 1.22. The van der Waals surface area contributed by atoms with Gasteiger partial charge in [0.25, 0.3) is 16.3 Å². The maximum absolute atomic E-state index is 10.8. The van der Waals surface area contributed by atoms with E-state index in [2.05, 4.69) is 14.2 Å². The van der Waals surface area contributed by atoms with E-state index < -0.39 is 10.4 Å². The van der Waals surface area contributed by atoms with Crippen LogP contribution in [-0.2, 0) is 16.8 Å². The molecule has 0 amide bonds. The summed E-state index contributed by atoms with van der Waals surface area (Å²) >= 11 is 5.96. The molecule has 3 aromatic rings. The molecule has 0 fully saturated rings. The number of aromatic nitrogens is 2. The van der Waals surface area contributed by atoms with E-state index >= 15 is 0 Å². The van der Waals surface area contributed by atoms with E-state index in [4.69, 9.17) is 21.1 Å². The van der Waals surface area contributed by atoms with E-state index in [0.29, 0.717) is 34.9 Å². The molecule has 2 heterocycles. The van der Waals surface area contributed by atoms with E-state index in [1.165, 1.54) is 18.5 Å². The molecule has 11 heteroatoms. The number of nitrogens with zero attached hydrogens (tertiary/aromatic N) is 2. The Morgan fingerprint density at radius 1 is 1.07 bits per heavy atom. The minimum Gasteiger partial charge on any atom is -0.716 e. The third-order valence-electron chi connectivity index (χ3n) is 3.65. The molecule has 2 aromatic heterocycles. The van der Waals surface area contributed by atoms with Gasteiger partial charge in [-0.15, -0.1) is 0 Å². The smallest absolute Gasteiger partial charge is 0.716 e. The summed E-state index contributed by atoms with van der Waals surface area (Å²) in [4.78, 5) is 8.10. The van der Waals surface area contributed by atoms with Crippen molar-refractivity contribution in [3.8, 4) is 23.1 Å². The first kappa shape index (κ1) is 24.4. The topological polar surface area (TPSA) is 111 Å². The number of rotatable bonds is 9. The minimum absolute atomic E-state index is 0. The van der Waals surface area contributed by atoms with Crippen LogP contribution in [0.15, 0.2) is 61.1 Å². The van der Waals surface area contributed by atoms with Crippen molar-refractivity contribution in [1.29, 1.82) is 0 Å². The van der Waals surface area contributed by atoms with Gasteiger partial charge in [-0.3, -0.25) is 4.98 Å². The van der Waals surface area contributed by atoms with Crippen LogP contribution in [0.3, 0.4) is 0 Å². The summed E-state index contributed by atoms with van der Waals surface area (Å²) in [5, 5.41) is 0.537. The second-order valence-corrected chi connectivity index (χ2v) is 7.21. The Labute approximate surface area is 201 Å². The molecule has 0 saturated heterocycles. The number of pyridine rings is 2. The largest absolute Gasteiger partial charge is 1.00 e.